The molecule has 1 amide bonds. The molecule has 3 nitrogen and oxygen atoms in total. The Morgan fingerprint density at radius 3 is 3.20 bits per heavy atom. The fraction of sp³-hybridized carbons (Fsp3) is 0.364. The Kier molecular flexibility index (Phi) is 3.16. The third kappa shape index (κ3) is 2.45. The second kappa shape index (κ2) is 4.57. The molecule has 0 saturated heterocycles. The number of rotatable bonds is 3. The van der Waals surface area contributed by atoms with E-state index >= 15 is 0 Å². The van der Waals surface area contributed by atoms with E-state index in [9.17, 15) is 4.79 Å². The molecule has 0 bridgehead atoms. The minimum atomic E-state index is 0.00358. The quantitative estimate of drug-likeness (QED) is 0.768. The molecule has 0 aliphatic carbocycles. The molecule has 1 aliphatic heterocycles. The molecule has 0 atom stereocenters. The number of hydrogen-bond acceptors (Lipinski definition) is 3. The first-order chi connectivity index (χ1) is 7.29. The fourth-order valence-corrected chi connectivity index (χ4v) is 1.79. The van der Waals surface area contributed by atoms with E-state index in [4.69, 9.17) is 4.74 Å². The highest BCUT2D eigenvalue weighted by Gasteiger charge is 2.12. The number of fused-ring (bicyclic) bond motifs is 1. The Morgan fingerprint density at radius 2 is 2.40 bits per heavy atom. The van der Waals surface area contributed by atoms with Gasteiger partial charge in [-0.3, -0.25) is 4.79 Å². The summed E-state index contributed by atoms with van der Waals surface area (Å²) in [5.41, 5.74) is 2.00. The van der Waals surface area contributed by atoms with Crippen molar-refractivity contribution in [2.24, 2.45) is 0 Å². The Hall–Kier alpha value is -1.16. The average Bonchev–Trinajstić information content (AvgIpc) is 2.65. The molecule has 0 fully saturated rings. The predicted molar refractivity (Wildman–Crippen MR) is 62.7 cm³/mol. The van der Waals surface area contributed by atoms with Gasteiger partial charge in [0.15, 0.2) is 0 Å². The standard InChI is InChI=1S/C11H13NO2S/c13-11(4-6-15)12-9-1-2-10-8(7-9)3-5-14-10/h1-2,7,15H,3-6H2,(H,12,13). The molecule has 1 heterocycles. The highest BCUT2D eigenvalue weighted by Crippen LogP contribution is 2.27. The molecule has 0 spiro atoms. The number of benzene rings is 1. The maximum atomic E-state index is 11.3. The number of thiol groups is 1. The molecule has 0 unspecified atom stereocenters. The number of nitrogens with one attached hydrogen (secondary N) is 1. The summed E-state index contributed by atoms with van der Waals surface area (Å²) in [7, 11) is 0. The van der Waals surface area contributed by atoms with Gasteiger partial charge in [0, 0.05) is 18.5 Å². The van der Waals surface area contributed by atoms with E-state index in [0.717, 1.165) is 24.5 Å². The Morgan fingerprint density at radius 1 is 1.53 bits per heavy atom. The highest BCUT2D eigenvalue weighted by atomic mass is 32.1. The van der Waals surface area contributed by atoms with Crippen LogP contribution in [0.3, 0.4) is 0 Å². The van der Waals surface area contributed by atoms with Crippen LogP contribution >= 0.6 is 12.6 Å². The van der Waals surface area contributed by atoms with Gasteiger partial charge in [0.05, 0.1) is 6.61 Å². The van der Waals surface area contributed by atoms with E-state index in [0.29, 0.717) is 12.2 Å². The molecule has 4 heteroatoms. The molecule has 0 radical (unpaired) electrons. The van der Waals surface area contributed by atoms with Crippen molar-refractivity contribution in [3.63, 3.8) is 0 Å². The molecule has 1 aromatic rings. The summed E-state index contributed by atoms with van der Waals surface area (Å²) < 4.78 is 5.38. The van der Waals surface area contributed by atoms with Crippen LogP contribution in [0.25, 0.3) is 0 Å². The average molecular weight is 223 g/mol. The molecule has 0 aromatic heterocycles. The molecular formula is C11H13NO2S. The largest absolute Gasteiger partial charge is 0.493 e. The van der Waals surface area contributed by atoms with Crippen molar-refractivity contribution in [3.8, 4) is 5.75 Å². The van der Waals surface area contributed by atoms with Gasteiger partial charge in [0.25, 0.3) is 0 Å². The minimum Gasteiger partial charge on any atom is -0.493 e. The number of carbonyl (C=O) groups excluding carboxylic acids is 1. The van der Waals surface area contributed by atoms with Gasteiger partial charge in [-0.1, -0.05) is 0 Å². The third-order valence-electron chi connectivity index (χ3n) is 2.31. The zero-order valence-electron chi connectivity index (χ0n) is 8.32. The van der Waals surface area contributed by atoms with Crippen molar-refractivity contribution in [3.05, 3.63) is 23.8 Å². The molecular weight excluding hydrogens is 210 g/mol. The van der Waals surface area contributed by atoms with E-state index in [1.807, 2.05) is 18.2 Å². The van der Waals surface area contributed by atoms with Crippen LogP contribution in [0.4, 0.5) is 5.69 Å². The van der Waals surface area contributed by atoms with E-state index in [1.54, 1.807) is 0 Å². The van der Waals surface area contributed by atoms with Crippen molar-refractivity contribution in [1.82, 2.24) is 0 Å². The van der Waals surface area contributed by atoms with Crippen LogP contribution in [0.1, 0.15) is 12.0 Å². The van der Waals surface area contributed by atoms with E-state index in [2.05, 4.69) is 17.9 Å². The lowest BCUT2D eigenvalue weighted by Gasteiger charge is -2.05. The summed E-state index contributed by atoms with van der Waals surface area (Å²) in [6, 6.07) is 5.73. The van der Waals surface area contributed by atoms with Gasteiger partial charge in [0.2, 0.25) is 5.91 Å². The van der Waals surface area contributed by atoms with E-state index in [1.165, 1.54) is 5.56 Å². The number of amides is 1. The lowest BCUT2D eigenvalue weighted by molar-refractivity contribution is -0.115. The first-order valence-electron chi connectivity index (χ1n) is 4.96. The molecule has 1 aliphatic rings. The number of hydrogen-bond donors (Lipinski definition) is 2. The van der Waals surface area contributed by atoms with Crippen LogP contribution < -0.4 is 10.1 Å². The first-order valence-corrected chi connectivity index (χ1v) is 5.59. The monoisotopic (exact) mass is 223 g/mol. The predicted octanol–water partition coefficient (Wildman–Crippen LogP) is 1.88. The molecule has 80 valence electrons. The Bertz CT molecular complexity index is 379. The first kappa shape index (κ1) is 10.4. The molecule has 15 heavy (non-hydrogen) atoms. The van der Waals surface area contributed by atoms with Crippen molar-refractivity contribution in [2.75, 3.05) is 17.7 Å². The molecule has 1 N–H and O–H groups in total. The van der Waals surface area contributed by atoms with Gasteiger partial charge in [0.1, 0.15) is 5.75 Å². The van der Waals surface area contributed by atoms with E-state index < -0.39 is 0 Å². The van der Waals surface area contributed by atoms with Gasteiger partial charge >= 0.3 is 0 Å². The summed E-state index contributed by atoms with van der Waals surface area (Å²) in [6.07, 6.45) is 1.36. The zero-order chi connectivity index (χ0) is 10.7. The topological polar surface area (TPSA) is 38.3 Å². The summed E-state index contributed by atoms with van der Waals surface area (Å²) in [5.74, 6) is 1.51. The SMILES string of the molecule is O=C(CCS)Nc1ccc2c(c1)CCO2. The van der Waals surface area contributed by atoms with Gasteiger partial charge in [-0.15, -0.1) is 0 Å². The van der Waals surface area contributed by atoms with Crippen LogP contribution in [0.15, 0.2) is 18.2 Å². The van der Waals surface area contributed by atoms with Crippen LogP contribution in [-0.4, -0.2) is 18.3 Å². The Balaban J connectivity index is 2.06. The fourth-order valence-electron chi connectivity index (χ4n) is 1.59. The molecule has 1 aromatic carbocycles. The highest BCUT2D eigenvalue weighted by molar-refractivity contribution is 7.80. The van der Waals surface area contributed by atoms with Gasteiger partial charge in [-0.05, 0) is 29.5 Å². The van der Waals surface area contributed by atoms with Crippen LogP contribution in [0.5, 0.6) is 5.75 Å². The van der Waals surface area contributed by atoms with Crippen molar-refractivity contribution >= 4 is 24.2 Å². The number of anilines is 1. The van der Waals surface area contributed by atoms with Crippen LogP contribution in [-0.2, 0) is 11.2 Å². The third-order valence-corrected chi connectivity index (χ3v) is 2.54. The van der Waals surface area contributed by atoms with Crippen LogP contribution in [0, 0.1) is 0 Å². The van der Waals surface area contributed by atoms with Crippen molar-refractivity contribution < 1.29 is 9.53 Å². The van der Waals surface area contributed by atoms with Gasteiger partial charge < -0.3 is 10.1 Å². The molecule has 0 saturated carbocycles. The van der Waals surface area contributed by atoms with Crippen molar-refractivity contribution in [2.45, 2.75) is 12.8 Å². The maximum absolute atomic E-state index is 11.3. The normalized spacial score (nSPS) is 13.1. The summed E-state index contributed by atoms with van der Waals surface area (Å²) in [5, 5.41) is 2.83. The van der Waals surface area contributed by atoms with Gasteiger partial charge in [-0.2, -0.15) is 12.6 Å². The van der Waals surface area contributed by atoms with Gasteiger partial charge in [-0.25, -0.2) is 0 Å². The lowest BCUT2D eigenvalue weighted by atomic mass is 10.1. The Labute approximate surface area is 94.2 Å². The minimum absolute atomic E-state index is 0.00358. The smallest absolute Gasteiger partial charge is 0.225 e. The zero-order valence-corrected chi connectivity index (χ0v) is 9.22. The molecule has 2 rings (SSSR count). The number of ether oxygens (including phenoxy) is 1. The van der Waals surface area contributed by atoms with Crippen LogP contribution in [0.2, 0.25) is 0 Å². The van der Waals surface area contributed by atoms with Crippen molar-refractivity contribution in [1.29, 1.82) is 0 Å². The second-order valence-corrected chi connectivity index (χ2v) is 3.89. The number of carbonyl (C=O) groups is 1. The summed E-state index contributed by atoms with van der Waals surface area (Å²) in [6.45, 7) is 0.739. The maximum Gasteiger partial charge on any atom is 0.225 e. The summed E-state index contributed by atoms with van der Waals surface area (Å²) >= 11 is 4.01. The summed E-state index contributed by atoms with van der Waals surface area (Å²) in [4.78, 5) is 11.3. The lowest BCUT2D eigenvalue weighted by Crippen LogP contribution is -2.11. The van der Waals surface area contributed by atoms with E-state index in [-0.39, 0.29) is 5.91 Å². The second-order valence-electron chi connectivity index (χ2n) is 3.44.